The van der Waals surface area contributed by atoms with E-state index in [2.05, 4.69) is 41.6 Å². The molecule has 1 aliphatic rings. The molecule has 0 saturated carbocycles. The summed E-state index contributed by atoms with van der Waals surface area (Å²) < 4.78 is 27.6. The molecule has 33 heavy (non-hydrogen) atoms. The number of fused-ring (bicyclic) bond motifs is 1. The highest BCUT2D eigenvalue weighted by Gasteiger charge is 2.24. The zero-order valence-corrected chi connectivity index (χ0v) is 22.4. The van der Waals surface area contributed by atoms with Gasteiger partial charge in [-0.25, -0.2) is 0 Å². The maximum atomic E-state index is 5.74. The molecule has 0 saturated heterocycles. The predicted molar refractivity (Wildman–Crippen MR) is 140 cm³/mol. The first-order chi connectivity index (χ1) is 15.4. The van der Waals surface area contributed by atoms with Crippen LogP contribution < -0.4 is 34.3 Å². The number of hydrogen-bond acceptors (Lipinski definition) is 6. The molecule has 2 aromatic carbocycles. The normalized spacial score (nSPS) is 13.0. The van der Waals surface area contributed by atoms with Crippen molar-refractivity contribution in [3.8, 4) is 28.7 Å². The first-order valence-electron chi connectivity index (χ1n) is 10.6. The van der Waals surface area contributed by atoms with Crippen molar-refractivity contribution >= 4 is 29.9 Å². The Labute approximate surface area is 213 Å². The molecule has 0 bridgehead atoms. The number of benzene rings is 2. The minimum Gasteiger partial charge on any atom is -0.493 e. The molecule has 0 amide bonds. The topological polar surface area (TPSA) is 82.6 Å². The summed E-state index contributed by atoms with van der Waals surface area (Å²) >= 11 is 0. The lowest BCUT2D eigenvalue weighted by Gasteiger charge is -2.28. The van der Waals surface area contributed by atoms with E-state index < -0.39 is 0 Å². The third-order valence-corrected chi connectivity index (χ3v) is 5.43. The van der Waals surface area contributed by atoms with E-state index >= 15 is 0 Å². The van der Waals surface area contributed by atoms with Gasteiger partial charge in [0.1, 0.15) is 13.2 Å². The molecule has 0 atom stereocenters. The molecule has 9 heteroatoms. The summed E-state index contributed by atoms with van der Waals surface area (Å²) in [5, 5.41) is 6.76. The fourth-order valence-corrected chi connectivity index (χ4v) is 3.51. The Balaban J connectivity index is 0.00000385. The van der Waals surface area contributed by atoms with E-state index in [0.29, 0.717) is 49.5 Å². The van der Waals surface area contributed by atoms with Crippen LogP contribution in [-0.2, 0) is 12.0 Å². The van der Waals surface area contributed by atoms with Crippen molar-refractivity contribution in [3.63, 3.8) is 0 Å². The highest BCUT2D eigenvalue weighted by atomic mass is 127. The molecular weight excluding hydrogens is 537 g/mol. The molecule has 8 nitrogen and oxygen atoms in total. The number of hydrogen-bond donors (Lipinski definition) is 2. The van der Waals surface area contributed by atoms with Crippen molar-refractivity contribution in [1.29, 1.82) is 0 Å². The van der Waals surface area contributed by atoms with Crippen molar-refractivity contribution in [2.75, 3.05) is 48.1 Å². The first-order valence-corrected chi connectivity index (χ1v) is 10.6. The highest BCUT2D eigenvalue weighted by Crippen LogP contribution is 2.38. The number of aliphatic imine (C=N–C) groups is 1. The van der Waals surface area contributed by atoms with Gasteiger partial charge in [-0.3, -0.25) is 4.99 Å². The summed E-state index contributed by atoms with van der Waals surface area (Å²) in [5.74, 6) is 4.10. The minimum absolute atomic E-state index is 0. The molecule has 0 aliphatic carbocycles. The van der Waals surface area contributed by atoms with Gasteiger partial charge in [-0.2, -0.15) is 0 Å². The summed E-state index contributed by atoms with van der Waals surface area (Å²) in [6, 6.07) is 9.95. The van der Waals surface area contributed by atoms with Gasteiger partial charge < -0.3 is 34.3 Å². The number of rotatable bonds is 8. The van der Waals surface area contributed by atoms with Crippen molar-refractivity contribution in [1.82, 2.24) is 10.6 Å². The van der Waals surface area contributed by atoms with Crippen molar-refractivity contribution in [2.45, 2.75) is 25.8 Å². The molecule has 0 fully saturated rings. The van der Waals surface area contributed by atoms with Gasteiger partial charge in [-0.05, 0) is 35.4 Å². The van der Waals surface area contributed by atoms with Gasteiger partial charge in [0.05, 0.1) is 21.3 Å². The average Bonchev–Trinajstić information content (AvgIpc) is 2.82. The van der Waals surface area contributed by atoms with E-state index in [1.807, 2.05) is 18.2 Å². The van der Waals surface area contributed by atoms with Gasteiger partial charge in [0, 0.05) is 25.6 Å². The Morgan fingerprint density at radius 1 is 0.939 bits per heavy atom. The van der Waals surface area contributed by atoms with E-state index in [4.69, 9.17) is 23.7 Å². The lowest BCUT2D eigenvalue weighted by atomic mass is 9.84. The maximum absolute atomic E-state index is 5.74. The molecule has 0 spiro atoms. The number of methoxy groups -OCH3 is 3. The highest BCUT2D eigenvalue weighted by molar-refractivity contribution is 14.0. The fraction of sp³-hybridized carbons (Fsp3) is 0.458. The van der Waals surface area contributed by atoms with Crippen LogP contribution in [0.5, 0.6) is 28.7 Å². The molecule has 0 radical (unpaired) electrons. The second-order valence-electron chi connectivity index (χ2n) is 8.06. The Kier molecular flexibility index (Phi) is 9.75. The molecule has 182 valence electrons. The predicted octanol–water partition coefficient (Wildman–Crippen LogP) is 3.74. The molecule has 2 aromatic rings. The smallest absolute Gasteiger partial charge is 0.203 e. The number of nitrogens with zero attached hydrogens (tertiary/aromatic N) is 1. The van der Waals surface area contributed by atoms with Crippen LogP contribution in [0.3, 0.4) is 0 Å². The molecule has 3 rings (SSSR count). The van der Waals surface area contributed by atoms with Gasteiger partial charge in [-0.15, -0.1) is 24.0 Å². The van der Waals surface area contributed by atoms with E-state index in [0.717, 1.165) is 22.6 Å². The summed E-state index contributed by atoms with van der Waals surface area (Å²) in [7, 11) is 6.55. The van der Waals surface area contributed by atoms with Crippen LogP contribution in [0.4, 0.5) is 0 Å². The standard InChI is InChI=1S/C24H33N3O5.HI/c1-24(2,17-7-8-18-19(13-17)32-10-9-31-18)15-27-23(25-3)26-14-16-11-20(28-4)22(30-6)21(12-16)29-5;/h7-8,11-13H,9-10,14-15H2,1-6H3,(H2,25,26,27);1H. The van der Waals surface area contributed by atoms with Crippen molar-refractivity contribution < 1.29 is 23.7 Å². The second-order valence-corrected chi connectivity index (χ2v) is 8.06. The Bertz CT molecular complexity index is 940. The number of ether oxygens (including phenoxy) is 5. The Morgan fingerprint density at radius 3 is 2.15 bits per heavy atom. The second kappa shape index (κ2) is 12.1. The Morgan fingerprint density at radius 2 is 1.58 bits per heavy atom. The number of halogens is 1. The van der Waals surface area contributed by atoms with E-state index in [1.165, 1.54) is 0 Å². The Hall–Kier alpha value is -2.56. The summed E-state index contributed by atoms with van der Waals surface area (Å²) in [5.41, 5.74) is 1.99. The lowest BCUT2D eigenvalue weighted by molar-refractivity contribution is 0.171. The van der Waals surface area contributed by atoms with Gasteiger partial charge in [0.2, 0.25) is 5.75 Å². The zero-order valence-electron chi connectivity index (χ0n) is 20.1. The van der Waals surface area contributed by atoms with E-state index in [9.17, 15) is 0 Å². The van der Waals surface area contributed by atoms with Gasteiger partial charge in [0.25, 0.3) is 0 Å². The third kappa shape index (κ3) is 6.49. The van der Waals surface area contributed by atoms with Crippen molar-refractivity contribution in [3.05, 3.63) is 41.5 Å². The van der Waals surface area contributed by atoms with Crippen LogP contribution in [0.2, 0.25) is 0 Å². The van der Waals surface area contributed by atoms with Crippen LogP contribution in [0.1, 0.15) is 25.0 Å². The average molecular weight is 571 g/mol. The van der Waals surface area contributed by atoms with Crippen LogP contribution in [-0.4, -0.2) is 54.1 Å². The molecule has 0 unspecified atom stereocenters. The molecular formula is C24H34IN3O5. The maximum Gasteiger partial charge on any atom is 0.203 e. The number of guanidine groups is 1. The van der Waals surface area contributed by atoms with Crippen molar-refractivity contribution in [2.24, 2.45) is 4.99 Å². The van der Waals surface area contributed by atoms with Crippen LogP contribution >= 0.6 is 24.0 Å². The summed E-state index contributed by atoms with van der Waals surface area (Å²) in [4.78, 5) is 4.35. The monoisotopic (exact) mass is 571 g/mol. The SMILES string of the molecule is CN=C(NCc1cc(OC)c(OC)c(OC)c1)NCC(C)(C)c1ccc2c(c1)OCCO2.I. The molecule has 2 N–H and O–H groups in total. The van der Waals surface area contributed by atoms with Crippen LogP contribution in [0, 0.1) is 0 Å². The van der Waals surface area contributed by atoms with Crippen LogP contribution in [0.25, 0.3) is 0 Å². The molecule has 0 aromatic heterocycles. The summed E-state index contributed by atoms with van der Waals surface area (Å²) in [6.45, 7) is 6.75. The van der Waals surface area contributed by atoms with Gasteiger partial charge in [0.15, 0.2) is 29.0 Å². The fourth-order valence-electron chi connectivity index (χ4n) is 3.51. The summed E-state index contributed by atoms with van der Waals surface area (Å²) in [6.07, 6.45) is 0. The van der Waals surface area contributed by atoms with Gasteiger partial charge in [-0.1, -0.05) is 19.9 Å². The van der Waals surface area contributed by atoms with Crippen LogP contribution in [0.15, 0.2) is 35.3 Å². The quantitative estimate of drug-likeness (QED) is 0.284. The number of nitrogens with one attached hydrogen (secondary N) is 2. The van der Waals surface area contributed by atoms with Gasteiger partial charge >= 0.3 is 0 Å². The molecule has 1 aliphatic heterocycles. The first kappa shape index (κ1) is 26.7. The van der Waals surface area contributed by atoms with E-state index in [1.54, 1.807) is 28.4 Å². The third-order valence-electron chi connectivity index (χ3n) is 5.43. The lowest BCUT2D eigenvalue weighted by Crippen LogP contribution is -2.43. The largest absolute Gasteiger partial charge is 0.493 e. The molecule has 1 heterocycles. The minimum atomic E-state index is -0.153. The zero-order chi connectivity index (χ0) is 23.1. The van der Waals surface area contributed by atoms with E-state index in [-0.39, 0.29) is 29.4 Å².